The maximum Gasteiger partial charge on any atom is 0.273 e. The Balaban J connectivity index is 1.71. The van der Waals surface area contributed by atoms with E-state index in [1.807, 2.05) is 24.3 Å². The smallest absolute Gasteiger partial charge is 0.273 e. The number of halogens is 1. The van der Waals surface area contributed by atoms with Crippen molar-refractivity contribution in [2.24, 2.45) is 0 Å². The lowest BCUT2D eigenvalue weighted by atomic mass is 10.1. The van der Waals surface area contributed by atoms with Gasteiger partial charge in [0.25, 0.3) is 5.91 Å². The summed E-state index contributed by atoms with van der Waals surface area (Å²) >= 11 is 8.81. The van der Waals surface area contributed by atoms with Crippen molar-refractivity contribution in [1.82, 2.24) is 9.88 Å². The summed E-state index contributed by atoms with van der Waals surface area (Å²) in [6.07, 6.45) is 0. The Hall–Kier alpha value is -2.20. The second-order valence-electron chi connectivity index (χ2n) is 5.11. The predicted octanol–water partition coefficient (Wildman–Crippen LogP) is 4.67. The van der Waals surface area contributed by atoms with E-state index in [9.17, 15) is 4.79 Å². The van der Waals surface area contributed by atoms with E-state index in [2.05, 4.69) is 11.1 Å². The van der Waals surface area contributed by atoms with Gasteiger partial charge in [-0.3, -0.25) is 4.79 Å². The highest BCUT2D eigenvalue weighted by molar-refractivity contribution is 7.23. The van der Waals surface area contributed by atoms with Gasteiger partial charge in [0.2, 0.25) is 0 Å². The van der Waals surface area contributed by atoms with Gasteiger partial charge in [-0.05, 0) is 29.8 Å². The van der Waals surface area contributed by atoms with Gasteiger partial charge < -0.3 is 4.90 Å². The van der Waals surface area contributed by atoms with Crippen LogP contribution in [0.1, 0.15) is 21.6 Å². The lowest BCUT2D eigenvalue weighted by Gasteiger charge is -2.15. The van der Waals surface area contributed by atoms with Gasteiger partial charge in [0, 0.05) is 19.0 Å². The third kappa shape index (κ3) is 3.65. The molecule has 24 heavy (non-hydrogen) atoms. The number of carbonyl (C=O) groups excluding carboxylic acids is 1. The highest BCUT2D eigenvalue weighted by Crippen LogP contribution is 2.33. The molecular weight excluding hydrogens is 362 g/mol. The van der Waals surface area contributed by atoms with E-state index in [4.69, 9.17) is 16.9 Å². The Morgan fingerprint density at radius 2 is 2.04 bits per heavy atom. The molecule has 0 saturated heterocycles. The third-order valence-corrected chi connectivity index (χ3v) is 5.60. The zero-order chi connectivity index (χ0) is 17.1. The van der Waals surface area contributed by atoms with Crippen LogP contribution < -0.4 is 0 Å². The van der Waals surface area contributed by atoms with Crippen molar-refractivity contribution < 1.29 is 4.79 Å². The zero-order valence-electron chi connectivity index (χ0n) is 12.7. The quantitative estimate of drug-likeness (QED) is 0.667. The lowest BCUT2D eigenvalue weighted by Crippen LogP contribution is -2.26. The summed E-state index contributed by atoms with van der Waals surface area (Å²) in [6, 6.07) is 13.0. The minimum absolute atomic E-state index is 0.135. The normalized spacial score (nSPS) is 10.4. The van der Waals surface area contributed by atoms with Crippen LogP contribution >= 0.6 is 34.3 Å². The van der Waals surface area contributed by atoms with E-state index in [0.717, 1.165) is 15.4 Å². The molecule has 2 heterocycles. The number of thiophene rings is 1. The number of thiazole rings is 1. The first-order valence-electron chi connectivity index (χ1n) is 7.02. The maximum absolute atomic E-state index is 12.5. The predicted molar refractivity (Wildman–Crippen MR) is 97.4 cm³/mol. The van der Waals surface area contributed by atoms with Crippen LogP contribution in [0.25, 0.3) is 9.88 Å². The number of hydrogen-bond donors (Lipinski definition) is 0. The molecule has 0 spiro atoms. The molecule has 3 rings (SSSR count). The first kappa shape index (κ1) is 16.7. The summed E-state index contributed by atoms with van der Waals surface area (Å²) in [6.45, 7) is 0.461. The molecule has 0 aliphatic rings. The molecule has 120 valence electrons. The van der Waals surface area contributed by atoms with Crippen LogP contribution in [-0.4, -0.2) is 22.8 Å². The summed E-state index contributed by atoms with van der Waals surface area (Å²) in [5.74, 6) is -0.135. The molecule has 0 N–H and O–H groups in total. The Morgan fingerprint density at radius 1 is 1.29 bits per heavy atom. The van der Waals surface area contributed by atoms with Crippen LogP contribution in [0.15, 0.2) is 41.8 Å². The third-order valence-electron chi connectivity index (χ3n) is 3.36. The summed E-state index contributed by atoms with van der Waals surface area (Å²) < 4.78 is 0.700. The Bertz CT molecular complexity index is 909. The van der Waals surface area contributed by atoms with Crippen LogP contribution in [0.4, 0.5) is 0 Å². The SMILES string of the molecule is CN(Cc1ccc(C#N)cc1)C(=O)c1csc(-c2ccc(Cl)s2)n1. The molecule has 2 aromatic heterocycles. The number of benzene rings is 1. The average molecular weight is 374 g/mol. The minimum atomic E-state index is -0.135. The van der Waals surface area contributed by atoms with Crippen LogP contribution in [0, 0.1) is 11.3 Å². The molecule has 0 atom stereocenters. The summed E-state index contributed by atoms with van der Waals surface area (Å²) in [4.78, 5) is 19.5. The number of amides is 1. The molecule has 0 aliphatic carbocycles. The number of rotatable bonds is 4. The topological polar surface area (TPSA) is 57.0 Å². The minimum Gasteiger partial charge on any atom is -0.336 e. The molecule has 1 amide bonds. The van der Waals surface area contributed by atoms with E-state index in [-0.39, 0.29) is 5.91 Å². The number of nitriles is 1. The van der Waals surface area contributed by atoms with Gasteiger partial charge >= 0.3 is 0 Å². The van der Waals surface area contributed by atoms with Crippen molar-refractivity contribution in [3.63, 3.8) is 0 Å². The molecule has 0 bridgehead atoms. The van der Waals surface area contributed by atoms with Crippen LogP contribution in [-0.2, 0) is 6.54 Å². The van der Waals surface area contributed by atoms with Crippen molar-refractivity contribution in [1.29, 1.82) is 5.26 Å². The van der Waals surface area contributed by atoms with Gasteiger partial charge in [-0.15, -0.1) is 22.7 Å². The van der Waals surface area contributed by atoms with Crippen LogP contribution in [0.5, 0.6) is 0 Å². The van der Waals surface area contributed by atoms with Crippen molar-refractivity contribution in [3.05, 3.63) is 62.9 Å². The second kappa shape index (κ2) is 7.14. The maximum atomic E-state index is 12.5. The van der Waals surface area contributed by atoms with Crippen molar-refractivity contribution in [2.45, 2.75) is 6.54 Å². The van der Waals surface area contributed by atoms with E-state index >= 15 is 0 Å². The Morgan fingerprint density at radius 3 is 2.67 bits per heavy atom. The summed E-state index contributed by atoms with van der Waals surface area (Å²) in [7, 11) is 1.74. The number of nitrogens with zero attached hydrogens (tertiary/aromatic N) is 3. The van der Waals surface area contributed by atoms with Gasteiger partial charge in [0.05, 0.1) is 20.8 Å². The van der Waals surface area contributed by atoms with Gasteiger partial charge in [-0.1, -0.05) is 23.7 Å². The van der Waals surface area contributed by atoms with Gasteiger partial charge in [-0.25, -0.2) is 4.98 Å². The molecule has 4 nitrogen and oxygen atoms in total. The number of carbonyl (C=O) groups is 1. The molecule has 0 aliphatic heterocycles. The first-order valence-corrected chi connectivity index (χ1v) is 9.10. The fraction of sp³-hybridized carbons (Fsp3) is 0.118. The lowest BCUT2D eigenvalue weighted by molar-refractivity contribution is 0.0780. The van der Waals surface area contributed by atoms with Gasteiger partial charge in [0.15, 0.2) is 0 Å². The fourth-order valence-corrected chi connectivity index (χ4v) is 4.05. The summed E-state index contributed by atoms with van der Waals surface area (Å²) in [5.41, 5.74) is 1.99. The monoisotopic (exact) mass is 373 g/mol. The molecular formula is C17H12ClN3OS2. The fourth-order valence-electron chi connectivity index (χ4n) is 2.14. The standard InChI is InChI=1S/C17H12ClN3OS2/c1-21(9-12-4-2-11(8-19)3-5-12)17(22)13-10-23-16(20-13)14-6-7-15(18)24-14/h2-7,10H,9H2,1H3. The zero-order valence-corrected chi connectivity index (χ0v) is 15.1. The van der Waals surface area contributed by atoms with E-state index in [1.54, 1.807) is 29.5 Å². The molecule has 3 aromatic rings. The Labute approximate surface area is 152 Å². The molecule has 0 unspecified atom stereocenters. The van der Waals surface area contributed by atoms with Gasteiger partial charge in [-0.2, -0.15) is 5.26 Å². The molecule has 0 fully saturated rings. The number of hydrogen-bond acceptors (Lipinski definition) is 5. The highest BCUT2D eigenvalue weighted by atomic mass is 35.5. The van der Waals surface area contributed by atoms with Crippen molar-refractivity contribution in [3.8, 4) is 16.0 Å². The van der Waals surface area contributed by atoms with E-state index in [1.165, 1.54) is 22.7 Å². The van der Waals surface area contributed by atoms with Crippen LogP contribution in [0.2, 0.25) is 4.34 Å². The average Bonchev–Trinajstić information content (AvgIpc) is 3.23. The largest absolute Gasteiger partial charge is 0.336 e. The van der Waals surface area contributed by atoms with Gasteiger partial charge in [0.1, 0.15) is 10.7 Å². The molecule has 1 aromatic carbocycles. The molecule has 0 saturated carbocycles. The van der Waals surface area contributed by atoms with E-state index < -0.39 is 0 Å². The second-order valence-corrected chi connectivity index (χ2v) is 7.68. The summed E-state index contributed by atoms with van der Waals surface area (Å²) in [5, 5.41) is 11.4. The highest BCUT2D eigenvalue weighted by Gasteiger charge is 2.17. The van der Waals surface area contributed by atoms with E-state index in [0.29, 0.717) is 22.1 Å². The number of aromatic nitrogens is 1. The van der Waals surface area contributed by atoms with Crippen LogP contribution in [0.3, 0.4) is 0 Å². The van der Waals surface area contributed by atoms with Crippen molar-refractivity contribution in [2.75, 3.05) is 7.05 Å². The first-order chi connectivity index (χ1) is 11.6. The molecule has 0 radical (unpaired) electrons. The molecule has 7 heteroatoms. The Kier molecular flexibility index (Phi) is 4.95. The van der Waals surface area contributed by atoms with Crippen molar-refractivity contribution >= 4 is 40.2 Å².